The Balaban J connectivity index is 1.66. The van der Waals surface area contributed by atoms with E-state index in [9.17, 15) is 23.7 Å². The third-order valence-corrected chi connectivity index (χ3v) is 5.16. The van der Waals surface area contributed by atoms with E-state index in [0.717, 1.165) is 38.1 Å². The summed E-state index contributed by atoms with van der Waals surface area (Å²) in [4.78, 5) is 25.3. The molecule has 1 fully saturated rings. The van der Waals surface area contributed by atoms with E-state index in [4.69, 9.17) is 0 Å². The van der Waals surface area contributed by atoms with Crippen molar-refractivity contribution < 1.29 is 18.5 Å². The summed E-state index contributed by atoms with van der Waals surface area (Å²) in [5, 5.41) is 17.5. The molecule has 0 aliphatic carbocycles. The fourth-order valence-corrected chi connectivity index (χ4v) is 3.69. The zero-order valence-corrected chi connectivity index (χ0v) is 16.4. The minimum Gasteiger partial charge on any atom is -0.361 e. The Labute approximate surface area is 173 Å². The second-order valence-electron chi connectivity index (χ2n) is 7.20. The Morgan fingerprint density at radius 2 is 1.90 bits per heavy atom. The van der Waals surface area contributed by atoms with Crippen LogP contribution in [0.4, 0.5) is 20.2 Å². The molecule has 0 spiro atoms. The van der Waals surface area contributed by atoms with Gasteiger partial charge in [-0.05, 0) is 49.7 Å². The van der Waals surface area contributed by atoms with Crippen LogP contribution in [0.1, 0.15) is 18.4 Å². The van der Waals surface area contributed by atoms with Gasteiger partial charge in [-0.1, -0.05) is 18.2 Å². The van der Waals surface area contributed by atoms with Gasteiger partial charge in [-0.2, -0.15) is 0 Å². The van der Waals surface area contributed by atoms with E-state index in [2.05, 4.69) is 10.6 Å². The second-order valence-corrected chi connectivity index (χ2v) is 7.20. The van der Waals surface area contributed by atoms with Crippen LogP contribution < -0.4 is 15.5 Å². The lowest BCUT2D eigenvalue weighted by atomic mass is 10.0. The molecular weight excluding hydrogens is 394 g/mol. The number of carbonyl (C=O) groups is 1. The maximum Gasteiger partial charge on any atom is 0.292 e. The summed E-state index contributed by atoms with van der Waals surface area (Å²) in [5.74, 6) is -2.27. The van der Waals surface area contributed by atoms with Crippen LogP contribution in [0.3, 0.4) is 0 Å². The highest BCUT2D eigenvalue weighted by atomic mass is 19.2. The number of anilines is 1. The highest BCUT2D eigenvalue weighted by molar-refractivity contribution is 5.78. The van der Waals surface area contributed by atoms with Crippen LogP contribution >= 0.6 is 0 Å². The number of para-hydroxylation sites is 2. The monoisotopic (exact) mass is 418 g/mol. The maximum absolute atomic E-state index is 13.3. The van der Waals surface area contributed by atoms with Crippen molar-refractivity contribution in [2.75, 3.05) is 31.1 Å². The Kier molecular flexibility index (Phi) is 7.29. The first-order valence-corrected chi connectivity index (χ1v) is 9.87. The van der Waals surface area contributed by atoms with Crippen molar-refractivity contribution in [1.82, 2.24) is 10.6 Å². The molecule has 160 valence electrons. The topological polar surface area (TPSA) is 87.5 Å². The van der Waals surface area contributed by atoms with Crippen LogP contribution in [0.15, 0.2) is 42.5 Å². The van der Waals surface area contributed by atoms with Crippen molar-refractivity contribution in [3.8, 4) is 0 Å². The van der Waals surface area contributed by atoms with Gasteiger partial charge in [-0.15, -0.1) is 0 Å². The van der Waals surface area contributed by atoms with Crippen LogP contribution in [-0.2, 0) is 11.2 Å². The summed E-state index contributed by atoms with van der Waals surface area (Å²) in [6, 6.07) is 10.1. The molecule has 9 heteroatoms. The summed E-state index contributed by atoms with van der Waals surface area (Å²) < 4.78 is 26.3. The van der Waals surface area contributed by atoms with Gasteiger partial charge in [0, 0.05) is 25.2 Å². The summed E-state index contributed by atoms with van der Waals surface area (Å²) in [6.45, 7) is 2.33. The second kappa shape index (κ2) is 10.1. The molecule has 1 saturated heterocycles. The lowest BCUT2D eigenvalue weighted by Crippen LogP contribution is -2.46. The molecule has 1 heterocycles. The van der Waals surface area contributed by atoms with Crippen molar-refractivity contribution in [3.63, 3.8) is 0 Å². The van der Waals surface area contributed by atoms with Gasteiger partial charge in [0.25, 0.3) is 5.69 Å². The lowest BCUT2D eigenvalue weighted by molar-refractivity contribution is -0.384. The third-order valence-electron chi connectivity index (χ3n) is 5.16. The number of amides is 1. The van der Waals surface area contributed by atoms with E-state index in [1.165, 1.54) is 12.1 Å². The minimum atomic E-state index is -0.992. The fraction of sp³-hybridized carbons (Fsp3) is 0.381. The van der Waals surface area contributed by atoms with E-state index in [1.54, 1.807) is 18.2 Å². The number of rotatable bonds is 8. The van der Waals surface area contributed by atoms with Gasteiger partial charge >= 0.3 is 0 Å². The Morgan fingerprint density at radius 3 is 2.60 bits per heavy atom. The number of carbonyl (C=O) groups excluding carboxylic acids is 1. The molecule has 2 N–H and O–H groups in total. The van der Waals surface area contributed by atoms with Gasteiger partial charge in [0.2, 0.25) is 5.91 Å². The quantitative estimate of drug-likeness (QED) is 0.509. The first kappa shape index (κ1) is 21.6. The van der Waals surface area contributed by atoms with E-state index >= 15 is 0 Å². The molecule has 3 rings (SSSR count). The molecule has 0 radical (unpaired) electrons. The summed E-state index contributed by atoms with van der Waals surface area (Å²) in [5.41, 5.74) is 0.939. The molecule has 0 atom stereocenters. The predicted molar refractivity (Wildman–Crippen MR) is 109 cm³/mol. The molecule has 0 unspecified atom stereocenters. The molecule has 7 nitrogen and oxygen atoms in total. The largest absolute Gasteiger partial charge is 0.361 e. The number of nitrogens with zero attached hydrogens (tertiary/aromatic N) is 2. The molecular formula is C21H24F2N4O3. The van der Waals surface area contributed by atoms with Crippen molar-refractivity contribution in [3.05, 3.63) is 69.8 Å². The van der Waals surface area contributed by atoms with Gasteiger partial charge in [0.1, 0.15) is 5.69 Å². The smallest absolute Gasteiger partial charge is 0.292 e. The maximum atomic E-state index is 13.3. The summed E-state index contributed by atoms with van der Waals surface area (Å²) in [6.07, 6.45) is 1.61. The number of hydrogen-bond acceptors (Lipinski definition) is 5. The zero-order valence-electron chi connectivity index (χ0n) is 16.4. The zero-order chi connectivity index (χ0) is 21.5. The summed E-state index contributed by atoms with van der Waals surface area (Å²) >= 11 is 0. The van der Waals surface area contributed by atoms with Gasteiger partial charge in [-0.3, -0.25) is 14.9 Å². The van der Waals surface area contributed by atoms with Crippen LogP contribution in [0.25, 0.3) is 0 Å². The number of hydrogen-bond donors (Lipinski definition) is 2. The van der Waals surface area contributed by atoms with E-state index in [0.29, 0.717) is 17.8 Å². The van der Waals surface area contributed by atoms with Crippen LogP contribution in [0.5, 0.6) is 0 Å². The lowest BCUT2D eigenvalue weighted by Gasteiger charge is -2.36. The van der Waals surface area contributed by atoms with Gasteiger partial charge in [0.15, 0.2) is 11.6 Å². The number of nitrogens with one attached hydrogen (secondary N) is 2. The van der Waals surface area contributed by atoms with E-state index < -0.39 is 16.6 Å². The SMILES string of the molecule is O=C(Cc1ccc(F)c(F)c1)NCCN(c1ccccc1[N+](=O)[O-])C1CCNCC1. The molecule has 30 heavy (non-hydrogen) atoms. The van der Waals surface area contributed by atoms with Crippen LogP contribution in [-0.4, -0.2) is 43.1 Å². The molecule has 2 aromatic rings. The third kappa shape index (κ3) is 5.50. The molecule has 2 aromatic carbocycles. The number of nitro benzene ring substituents is 1. The molecule has 0 aromatic heterocycles. The number of piperidine rings is 1. The van der Waals surface area contributed by atoms with Gasteiger partial charge < -0.3 is 15.5 Å². The number of halogens is 2. The van der Waals surface area contributed by atoms with Gasteiger partial charge in [-0.25, -0.2) is 8.78 Å². The number of nitro groups is 1. The van der Waals surface area contributed by atoms with Crippen molar-refractivity contribution in [2.24, 2.45) is 0 Å². The van der Waals surface area contributed by atoms with Crippen LogP contribution in [0.2, 0.25) is 0 Å². The molecule has 1 aliphatic rings. The molecule has 0 saturated carbocycles. The highest BCUT2D eigenvalue weighted by Gasteiger charge is 2.26. The Bertz CT molecular complexity index is 904. The van der Waals surface area contributed by atoms with Crippen LogP contribution in [0, 0.1) is 21.7 Å². The summed E-state index contributed by atoms with van der Waals surface area (Å²) in [7, 11) is 0. The predicted octanol–water partition coefficient (Wildman–Crippen LogP) is 2.79. The standard InChI is InChI=1S/C21H24F2N4O3/c22-17-6-5-15(13-18(17)23)14-21(28)25-11-12-26(16-7-9-24-10-8-16)19-3-1-2-4-20(19)27(29)30/h1-6,13,16,24H,7-12,14H2,(H,25,28). The molecule has 0 bridgehead atoms. The normalized spacial score (nSPS) is 14.3. The molecule has 1 aliphatic heterocycles. The average molecular weight is 418 g/mol. The Hall–Kier alpha value is -3.07. The number of benzene rings is 2. The van der Waals surface area contributed by atoms with E-state index in [1.807, 2.05) is 4.90 Å². The van der Waals surface area contributed by atoms with E-state index in [-0.39, 0.29) is 30.6 Å². The van der Waals surface area contributed by atoms with Crippen molar-refractivity contribution >= 4 is 17.3 Å². The minimum absolute atomic E-state index is 0.0316. The van der Waals surface area contributed by atoms with Gasteiger partial charge in [0.05, 0.1) is 11.3 Å². The van der Waals surface area contributed by atoms with Crippen molar-refractivity contribution in [2.45, 2.75) is 25.3 Å². The Morgan fingerprint density at radius 1 is 1.17 bits per heavy atom. The average Bonchev–Trinajstić information content (AvgIpc) is 2.74. The molecule has 1 amide bonds. The van der Waals surface area contributed by atoms with Crippen molar-refractivity contribution in [1.29, 1.82) is 0 Å². The fourth-order valence-electron chi connectivity index (χ4n) is 3.69. The first-order valence-electron chi connectivity index (χ1n) is 9.87. The highest BCUT2D eigenvalue weighted by Crippen LogP contribution is 2.30. The first-order chi connectivity index (χ1) is 14.5.